The van der Waals surface area contributed by atoms with Crippen LogP contribution in [0, 0.1) is 0 Å². The minimum absolute atomic E-state index is 0.0344. The highest BCUT2D eigenvalue weighted by Gasteiger charge is 2.14. The lowest BCUT2D eigenvalue weighted by Crippen LogP contribution is -2.35. The molecule has 1 aromatic rings. The standard InChI is InChI=1S/C16H21NO5/c1-3-17(11-16(20)21)15(19)8-5-9-22-14-7-4-6-13(10-14)12(2)18/h4,6-7,10H,3,5,8-9,11H2,1-2H3,(H,20,21). The number of hydrogen-bond donors (Lipinski definition) is 1. The Morgan fingerprint density at radius 1 is 1.27 bits per heavy atom. The van der Waals surface area contributed by atoms with Crippen molar-refractivity contribution in [3.8, 4) is 5.75 Å². The molecule has 0 aliphatic rings. The van der Waals surface area contributed by atoms with Crippen molar-refractivity contribution in [2.75, 3.05) is 19.7 Å². The van der Waals surface area contributed by atoms with E-state index in [4.69, 9.17) is 9.84 Å². The van der Waals surface area contributed by atoms with Gasteiger partial charge < -0.3 is 14.7 Å². The third kappa shape index (κ3) is 5.95. The van der Waals surface area contributed by atoms with Gasteiger partial charge in [-0.05, 0) is 32.4 Å². The average Bonchev–Trinajstić information content (AvgIpc) is 2.49. The number of amides is 1. The van der Waals surface area contributed by atoms with Crippen LogP contribution in [0.25, 0.3) is 0 Å². The van der Waals surface area contributed by atoms with Crippen molar-refractivity contribution in [3.63, 3.8) is 0 Å². The number of Topliss-reactive ketones (excluding diaryl/α,β-unsaturated/α-hetero) is 1. The molecule has 0 bridgehead atoms. The summed E-state index contributed by atoms with van der Waals surface area (Å²) in [5, 5.41) is 8.71. The van der Waals surface area contributed by atoms with E-state index >= 15 is 0 Å². The van der Waals surface area contributed by atoms with Gasteiger partial charge >= 0.3 is 5.97 Å². The Kier molecular flexibility index (Phi) is 7.08. The predicted molar refractivity (Wildman–Crippen MR) is 81.1 cm³/mol. The van der Waals surface area contributed by atoms with E-state index in [1.807, 2.05) is 0 Å². The minimum atomic E-state index is -1.02. The van der Waals surface area contributed by atoms with Gasteiger partial charge in [-0.2, -0.15) is 0 Å². The summed E-state index contributed by atoms with van der Waals surface area (Å²) in [5.74, 6) is -0.676. The predicted octanol–water partition coefficient (Wildman–Crippen LogP) is 1.98. The first-order chi connectivity index (χ1) is 10.4. The van der Waals surface area contributed by atoms with E-state index in [0.29, 0.717) is 30.9 Å². The second kappa shape index (κ2) is 8.81. The Labute approximate surface area is 129 Å². The normalized spacial score (nSPS) is 10.1. The van der Waals surface area contributed by atoms with Crippen LogP contribution in [0.4, 0.5) is 0 Å². The summed E-state index contributed by atoms with van der Waals surface area (Å²) >= 11 is 0. The summed E-state index contributed by atoms with van der Waals surface area (Å²) in [6, 6.07) is 6.86. The Hall–Kier alpha value is -2.37. The van der Waals surface area contributed by atoms with Crippen LogP contribution < -0.4 is 4.74 Å². The van der Waals surface area contributed by atoms with Gasteiger partial charge in [0.2, 0.25) is 5.91 Å². The van der Waals surface area contributed by atoms with Gasteiger partial charge in [-0.25, -0.2) is 0 Å². The van der Waals surface area contributed by atoms with Gasteiger partial charge in [-0.3, -0.25) is 14.4 Å². The van der Waals surface area contributed by atoms with Crippen molar-refractivity contribution in [1.82, 2.24) is 4.90 Å². The van der Waals surface area contributed by atoms with Crippen LogP contribution in [0.1, 0.15) is 37.0 Å². The molecule has 0 atom stereocenters. The van der Waals surface area contributed by atoms with E-state index in [1.165, 1.54) is 11.8 Å². The van der Waals surface area contributed by atoms with Crippen molar-refractivity contribution in [3.05, 3.63) is 29.8 Å². The van der Waals surface area contributed by atoms with E-state index in [9.17, 15) is 14.4 Å². The molecular weight excluding hydrogens is 286 g/mol. The largest absolute Gasteiger partial charge is 0.494 e. The van der Waals surface area contributed by atoms with Crippen molar-refractivity contribution < 1.29 is 24.2 Å². The number of carboxylic acid groups (broad SMARTS) is 1. The third-order valence-electron chi connectivity index (χ3n) is 3.10. The molecule has 6 nitrogen and oxygen atoms in total. The number of benzene rings is 1. The lowest BCUT2D eigenvalue weighted by atomic mass is 10.1. The highest BCUT2D eigenvalue weighted by molar-refractivity contribution is 5.94. The molecule has 0 radical (unpaired) electrons. The Morgan fingerprint density at radius 2 is 2.00 bits per heavy atom. The Bertz CT molecular complexity index is 541. The van der Waals surface area contributed by atoms with E-state index in [1.54, 1.807) is 31.2 Å². The maximum atomic E-state index is 11.8. The van der Waals surface area contributed by atoms with Crippen LogP contribution in [-0.2, 0) is 9.59 Å². The molecule has 1 aromatic carbocycles. The molecule has 1 rings (SSSR count). The maximum absolute atomic E-state index is 11.8. The molecule has 0 heterocycles. The number of likely N-dealkylation sites (N-methyl/N-ethyl adjacent to an activating group) is 1. The monoisotopic (exact) mass is 307 g/mol. The molecule has 0 saturated heterocycles. The van der Waals surface area contributed by atoms with Gasteiger partial charge in [0.25, 0.3) is 0 Å². The molecule has 0 unspecified atom stereocenters. The number of aliphatic carboxylic acids is 1. The maximum Gasteiger partial charge on any atom is 0.323 e. The summed E-state index contributed by atoms with van der Waals surface area (Å²) in [7, 11) is 0. The van der Waals surface area contributed by atoms with Crippen LogP contribution >= 0.6 is 0 Å². The first kappa shape index (κ1) is 17.7. The Balaban J connectivity index is 2.38. The SMILES string of the molecule is CCN(CC(=O)O)C(=O)CCCOc1cccc(C(C)=O)c1. The molecule has 120 valence electrons. The minimum Gasteiger partial charge on any atom is -0.494 e. The molecular formula is C16H21NO5. The molecule has 0 spiro atoms. The van der Waals surface area contributed by atoms with Crippen molar-refractivity contribution in [2.45, 2.75) is 26.7 Å². The zero-order valence-corrected chi connectivity index (χ0v) is 12.9. The molecule has 1 N–H and O–H groups in total. The number of nitrogens with zero attached hydrogens (tertiary/aromatic N) is 1. The van der Waals surface area contributed by atoms with Gasteiger partial charge in [0.15, 0.2) is 5.78 Å². The second-order valence-electron chi connectivity index (χ2n) is 4.84. The summed E-state index contributed by atoms with van der Waals surface area (Å²) < 4.78 is 5.50. The third-order valence-corrected chi connectivity index (χ3v) is 3.10. The van der Waals surface area contributed by atoms with Crippen molar-refractivity contribution in [2.24, 2.45) is 0 Å². The number of hydrogen-bond acceptors (Lipinski definition) is 4. The molecule has 1 amide bonds. The highest BCUT2D eigenvalue weighted by Crippen LogP contribution is 2.14. The number of carboxylic acids is 1. The van der Waals surface area contributed by atoms with Gasteiger partial charge in [-0.15, -0.1) is 0 Å². The lowest BCUT2D eigenvalue weighted by Gasteiger charge is -2.18. The van der Waals surface area contributed by atoms with E-state index < -0.39 is 5.97 Å². The van der Waals surface area contributed by atoms with Crippen LogP contribution in [-0.4, -0.2) is 47.4 Å². The van der Waals surface area contributed by atoms with Gasteiger partial charge in [0.05, 0.1) is 6.61 Å². The fourth-order valence-corrected chi connectivity index (χ4v) is 1.92. The lowest BCUT2D eigenvalue weighted by molar-refractivity contribution is -0.144. The van der Waals surface area contributed by atoms with E-state index in [0.717, 1.165) is 0 Å². The number of rotatable bonds is 9. The quantitative estimate of drug-likeness (QED) is 0.557. The van der Waals surface area contributed by atoms with Crippen LogP contribution in [0.5, 0.6) is 5.75 Å². The fourth-order valence-electron chi connectivity index (χ4n) is 1.92. The number of carbonyl (C=O) groups is 3. The van der Waals surface area contributed by atoms with E-state index in [-0.39, 0.29) is 24.7 Å². The molecule has 0 aliphatic carbocycles. The number of carbonyl (C=O) groups excluding carboxylic acids is 2. The highest BCUT2D eigenvalue weighted by atomic mass is 16.5. The van der Waals surface area contributed by atoms with Crippen molar-refractivity contribution in [1.29, 1.82) is 0 Å². The summed E-state index contributed by atoms with van der Waals surface area (Å²) in [5.41, 5.74) is 0.576. The van der Waals surface area contributed by atoms with Crippen molar-refractivity contribution >= 4 is 17.7 Å². The average molecular weight is 307 g/mol. The zero-order valence-electron chi connectivity index (χ0n) is 12.9. The molecule has 0 saturated carbocycles. The summed E-state index contributed by atoms with van der Waals surface area (Å²) in [6.45, 7) is 3.64. The molecule has 0 aromatic heterocycles. The smallest absolute Gasteiger partial charge is 0.323 e. The van der Waals surface area contributed by atoms with Crippen LogP contribution in [0.3, 0.4) is 0 Å². The van der Waals surface area contributed by atoms with E-state index in [2.05, 4.69) is 0 Å². The summed E-state index contributed by atoms with van der Waals surface area (Å²) in [6.07, 6.45) is 0.715. The fraction of sp³-hybridized carbons (Fsp3) is 0.438. The molecule has 0 aliphatic heterocycles. The zero-order chi connectivity index (χ0) is 16.5. The van der Waals surface area contributed by atoms with Crippen LogP contribution in [0.2, 0.25) is 0 Å². The molecule has 22 heavy (non-hydrogen) atoms. The second-order valence-corrected chi connectivity index (χ2v) is 4.84. The van der Waals surface area contributed by atoms with Crippen LogP contribution in [0.15, 0.2) is 24.3 Å². The van der Waals surface area contributed by atoms with Gasteiger partial charge in [0.1, 0.15) is 12.3 Å². The van der Waals surface area contributed by atoms with Gasteiger partial charge in [0, 0.05) is 18.5 Å². The number of ketones is 1. The summed E-state index contributed by atoms with van der Waals surface area (Å²) in [4.78, 5) is 35.0. The molecule has 0 fully saturated rings. The topological polar surface area (TPSA) is 83.9 Å². The first-order valence-electron chi connectivity index (χ1n) is 7.17. The number of ether oxygens (including phenoxy) is 1. The Morgan fingerprint density at radius 3 is 2.59 bits per heavy atom. The first-order valence-corrected chi connectivity index (χ1v) is 7.17. The molecule has 6 heteroatoms. The van der Waals surface area contributed by atoms with Gasteiger partial charge in [-0.1, -0.05) is 12.1 Å².